The van der Waals surface area contributed by atoms with Crippen molar-refractivity contribution in [2.45, 2.75) is 17.4 Å². The molecule has 0 bridgehead atoms. The predicted molar refractivity (Wildman–Crippen MR) is 29.9 cm³/mol. The van der Waals surface area contributed by atoms with Gasteiger partial charge in [-0.25, -0.2) is 0 Å². The van der Waals surface area contributed by atoms with E-state index in [2.05, 4.69) is 0 Å². The minimum Gasteiger partial charge on any atom is -0.361 e. The van der Waals surface area contributed by atoms with Crippen molar-refractivity contribution in [1.82, 2.24) is 0 Å². The summed E-state index contributed by atoms with van der Waals surface area (Å²) in [4.78, 5) is 0. The molecule has 0 N–H and O–H groups in total. The summed E-state index contributed by atoms with van der Waals surface area (Å²) >= 11 is 11.1. The van der Waals surface area contributed by atoms with Gasteiger partial charge >= 0.3 is 0 Å². The maximum absolute atomic E-state index is 5.61. The lowest BCUT2D eigenvalue weighted by atomic mass is 10.4. The molecule has 1 aliphatic heterocycles. The number of rotatable bonds is 0. The predicted octanol–water partition coefficient (Wildman–Crippen LogP) is 1.58. The third-order valence-corrected chi connectivity index (χ3v) is 1.96. The SMILES string of the molecule is Cl[C@@H]1CCO[C@H]1Cl. The highest BCUT2D eigenvalue weighted by Crippen LogP contribution is 2.21. The Bertz CT molecular complexity index is 58.7. The van der Waals surface area contributed by atoms with Crippen LogP contribution in [0.25, 0.3) is 0 Å². The smallest absolute Gasteiger partial charge is 0.147 e. The van der Waals surface area contributed by atoms with Crippen LogP contribution in [-0.4, -0.2) is 17.5 Å². The van der Waals surface area contributed by atoms with Gasteiger partial charge < -0.3 is 4.74 Å². The van der Waals surface area contributed by atoms with Crippen LogP contribution in [-0.2, 0) is 4.74 Å². The van der Waals surface area contributed by atoms with Gasteiger partial charge in [0.05, 0.1) is 12.0 Å². The highest BCUT2D eigenvalue weighted by Gasteiger charge is 2.22. The fourth-order valence-electron chi connectivity index (χ4n) is 0.529. The maximum Gasteiger partial charge on any atom is 0.147 e. The average Bonchev–Trinajstić information content (AvgIpc) is 1.91. The number of halogens is 2. The largest absolute Gasteiger partial charge is 0.361 e. The zero-order valence-corrected chi connectivity index (χ0v) is 5.24. The minimum atomic E-state index is -0.248. The van der Waals surface area contributed by atoms with Crippen molar-refractivity contribution in [2.75, 3.05) is 6.61 Å². The lowest BCUT2D eigenvalue weighted by Crippen LogP contribution is -2.05. The quantitative estimate of drug-likeness (QED) is 0.465. The zero-order chi connectivity index (χ0) is 5.28. The minimum absolute atomic E-state index is 0.0293. The van der Waals surface area contributed by atoms with Gasteiger partial charge in [0.2, 0.25) is 0 Å². The molecular formula is C4H6Cl2O. The third-order valence-electron chi connectivity index (χ3n) is 0.955. The first-order valence-electron chi connectivity index (χ1n) is 2.20. The molecule has 1 heterocycles. The van der Waals surface area contributed by atoms with Crippen LogP contribution in [0.2, 0.25) is 0 Å². The summed E-state index contributed by atoms with van der Waals surface area (Å²) in [6.45, 7) is 0.711. The van der Waals surface area contributed by atoms with Crippen LogP contribution >= 0.6 is 23.2 Å². The first-order valence-corrected chi connectivity index (χ1v) is 3.08. The molecule has 1 fully saturated rings. The molecule has 0 aromatic carbocycles. The van der Waals surface area contributed by atoms with Crippen LogP contribution in [0.1, 0.15) is 6.42 Å². The molecule has 1 rings (SSSR count). The summed E-state index contributed by atoms with van der Waals surface area (Å²) in [5, 5.41) is 0.0293. The van der Waals surface area contributed by atoms with Crippen molar-refractivity contribution in [3.05, 3.63) is 0 Å². The van der Waals surface area contributed by atoms with Crippen molar-refractivity contribution >= 4 is 23.2 Å². The zero-order valence-electron chi connectivity index (χ0n) is 3.73. The van der Waals surface area contributed by atoms with Crippen LogP contribution in [0.5, 0.6) is 0 Å². The van der Waals surface area contributed by atoms with E-state index in [1.807, 2.05) is 0 Å². The van der Waals surface area contributed by atoms with E-state index in [1.54, 1.807) is 0 Å². The van der Waals surface area contributed by atoms with Gasteiger partial charge in [-0.1, -0.05) is 11.6 Å². The van der Waals surface area contributed by atoms with E-state index in [0.29, 0.717) is 6.61 Å². The van der Waals surface area contributed by atoms with Gasteiger partial charge in [-0.15, -0.1) is 11.6 Å². The average molecular weight is 141 g/mol. The Morgan fingerprint density at radius 1 is 1.43 bits per heavy atom. The molecule has 0 spiro atoms. The molecule has 0 aliphatic carbocycles. The highest BCUT2D eigenvalue weighted by molar-refractivity contribution is 6.29. The number of hydrogen-bond donors (Lipinski definition) is 0. The molecule has 0 saturated carbocycles. The van der Waals surface area contributed by atoms with E-state index in [-0.39, 0.29) is 10.9 Å². The fraction of sp³-hybridized carbons (Fsp3) is 1.00. The van der Waals surface area contributed by atoms with Crippen molar-refractivity contribution in [3.8, 4) is 0 Å². The molecule has 0 amide bonds. The molecule has 42 valence electrons. The molecule has 1 saturated heterocycles. The molecule has 7 heavy (non-hydrogen) atoms. The van der Waals surface area contributed by atoms with Crippen LogP contribution in [0.4, 0.5) is 0 Å². The molecule has 0 unspecified atom stereocenters. The normalized spacial score (nSPS) is 42.0. The number of hydrogen-bond acceptors (Lipinski definition) is 1. The Morgan fingerprint density at radius 3 is 2.29 bits per heavy atom. The Morgan fingerprint density at radius 2 is 2.14 bits per heavy atom. The second-order valence-corrected chi connectivity index (χ2v) is 2.52. The van der Waals surface area contributed by atoms with Gasteiger partial charge in [0.25, 0.3) is 0 Å². The van der Waals surface area contributed by atoms with Gasteiger partial charge in [-0.05, 0) is 6.42 Å². The molecule has 3 heteroatoms. The van der Waals surface area contributed by atoms with Gasteiger partial charge in [-0.3, -0.25) is 0 Å². The van der Waals surface area contributed by atoms with Crippen molar-refractivity contribution in [3.63, 3.8) is 0 Å². The topological polar surface area (TPSA) is 9.23 Å². The molecule has 2 atom stereocenters. The van der Waals surface area contributed by atoms with Gasteiger partial charge in [0.1, 0.15) is 5.56 Å². The van der Waals surface area contributed by atoms with Gasteiger partial charge in [0.15, 0.2) is 0 Å². The van der Waals surface area contributed by atoms with E-state index < -0.39 is 0 Å². The second kappa shape index (κ2) is 2.21. The van der Waals surface area contributed by atoms with E-state index in [1.165, 1.54) is 0 Å². The second-order valence-electron chi connectivity index (χ2n) is 1.53. The maximum atomic E-state index is 5.61. The standard InChI is InChI=1S/C4H6Cl2O/c5-3-1-2-7-4(3)6/h3-4H,1-2H2/t3-,4-/m1/s1. The lowest BCUT2D eigenvalue weighted by Gasteiger charge is -1.99. The number of alkyl halides is 2. The van der Waals surface area contributed by atoms with Crippen LogP contribution in [0.15, 0.2) is 0 Å². The summed E-state index contributed by atoms with van der Waals surface area (Å²) in [6, 6.07) is 0. The first-order chi connectivity index (χ1) is 3.30. The summed E-state index contributed by atoms with van der Waals surface area (Å²) in [6.07, 6.45) is 0.885. The van der Waals surface area contributed by atoms with Gasteiger partial charge in [-0.2, -0.15) is 0 Å². The molecule has 0 aromatic rings. The van der Waals surface area contributed by atoms with Crippen molar-refractivity contribution in [2.24, 2.45) is 0 Å². The lowest BCUT2D eigenvalue weighted by molar-refractivity contribution is 0.169. The van der Waals surface area contributed by atoms with Crippen LogP contribution in [0, 0.1) is 0 Å². The fourth-order valence-corrected chi connectivity index (χ4v) is 0.906. The van der Waals surface area contributed by atoms with Crippen molar-refractivity contribution < 1.29 is 4.74 Å². The summed E-state index contributed by atoms with van der Waals surface area (Å²) in [7, 11) is 0. The third kappa shape index (κ3) is 1.21. The Balaban J connectivity index is 2.33. The molecule has 1 nitrogen and oxygen atoms in total. The highest BCUT2D eigenvalue weighted by atomic mass is 35.5. The molecular weight excluding hydrogens is 135 g/mol. The molecule has 1 aliphatic rings. The first kappa shape index (κ1) is 5.67. The van der Waals surface area contributed by atoms with E-state index in [4.69, 9.17) is 27.9 Å². The Labute approximate surface area is 52.5 Å². The van der Waals surface area contributed by atoms with Crippen molar-refractivity contribution in [1.29, 1.82) is 0 Å². The summed E-state index contributed by atoms with van der Waals surface area (Å²) in [5.74, 6) is 0. The van der Waals surface area contributed by atoms with Crippen LogP contribution < -0.4 is 0 Å². The van der Waals surface area contributed by atoms with E-state index >= 15 is 0 Å². The van der Waals surface area contributed by atoms with Crippen LogP contribution in [0.3, 0.4) is 0 Å². The molecule has 0 aromatic heterocycles. The summed E-state index contributed by atoms with van der Waals surface area (Å²) in [5.41, 5.74) is -0.248. The number of ether oxygens (including phenoxy) is 1. The molecule has 0 radical (unpaired) electrons. The Kier molecular flexibility index (Phi) is 1.79. The van der Waals surface area contributed by atoms with Gasteiger partial charge in [0, 0.05) is 0 Å². The van der Waals surface area contributed by atoms with E-state index in [0.717, 1.165) is 6.42 Å². The summed E-state index contributed by atoms with van der Waals surface area (Å²) < 4.78 is 4.90. The monoisotopic (exact) mass is 140 g/mol. The van der Waals surface area contributed by atoms with E-state index in [9.17, 15) is 0 Å². The Hall–Kier alpha value is 0.540.